The lowest BCUT2D eigenvalue weighted by Crippen LogP contribution is -2.23. The Morgan fingerprint density at radius 3 is 2.79 bits per heavy atom. The van der Waals surface area contributed by atoms with E-state index in [2.05, 4.69) is 39.8 Å². The van der Waals surface area contributed by atoms with Crippen LogP contribution in [0.3, 0.4) is 0 Å². The van der Waals surface area contributed by atoms with Gasteiger partial charge in [0.2, 0.25) is 5.95 Å². The summed E-state index contributed by atoms with van der Waals surface area (Å²) < 4.78 is 13.5. The Hall–Kier alpha value is -2.29. The molecule has 0 aliphatic carbocycles. The van der Waals surface area contributed by atoms with E-state index in [1.807, 2.05) is 6.07 Å². The topological polar surface area (TPSA) is 74.8 Å². The Balaban J connectivity index is 1.74. The molecule has 1 aliphatic heterocycles. The molecule has 0 radical (unpaired) electrons. The molecule has 1 atom stereocenters. The minimum Gasteiger partial charge on any atom is -0.359 e. The van der Waals surface area contributed by atoms with Crippen LogP contribution in [0, 0.1) is 5.82 Å². The van der Waals surface area contributed by atoms with Gasteiger partial charge in [-0.25, -0.2) is 19.3 Å². The molecule has 0 amide bonds. The highest BCUT2D eigenvalue weighted by Crippen LogP contribution is 2.33. The normalized spacial score (nSPS) is 16.4. The number of aromatic nitrogens is 3. The second-order valence-corrected chi connectivity index (χ2v) is 8.69. The number of rotatable bonds is 6. The maximum absolute atomic E-state index is 13.5. The number of thiazole rings is 1. The minimum absolute atomic E-state index is 0.265. The van der Waals surface area contributed by atoms with E-state index in [-0.39, 0.29) is 11.9 Å². The Kier molecular flexibility index (Phi) is 5.94. The SMILES string of the molecule is CC(C)Nc1ncc(-c2cc(-c3ccc(F)cc3Cl)nc(NC3CCNC3)n2)s1. The third-order valence-electron chi connectivity index (χ3n) is 4.50. The van der Waals surface area contributed by atoms with E-state index in [9.17, 15) is 4.39 Å². The zero-order valence-electron chi connectivity index (χ0n) is 16.2. The van der Waals surface area contributed by atoms with Crippen molar-refractivity contribution in [2.75, 3.05) is 23.7 Å². The lowest BCUT2D eigenvalue weighted by Gasteiger charge is -2.14. The van der Waals surface area contributed by atoms with E-state index in [0.717, 1.165) is 35.2 Å². The third-order valence-corrected chi connectivity index (χ3v) is 5.76. The van der Waals surface area contributed by atoms with Crippen molar-refractivity contribution in [3.63, 3.8) is 0 Å². The molecule has 3 aromatic rings. The number of hydrogen-bond donors (Lipinski definition) is 3. The van der Waals surface area contributed by atoms with Gasteiger partial charge in [0.05, 0.1) is 21.3 Å². The smallest absolute Gasteiger partial charge is 0.224 e. The fourth-order valence-electron chi connectivity index (χ4n) is 3.14. The summed E-state index contributed by atoms with van der Waals surface area (Å²) in [6.45, 7) is 5.96. The van der Waals surface area contributed by atoms with E-state index < -0.39 is 0 Å². The molecule has 1 fully saturated rings. The quantitative estimate of drug-likeness (QED) is 0.526. The molecule has 4 rings (SSSR count). The first kappa shape index (κ1) is 20.0. The Labute approximate surface area is 178 Å². The van der Waals surface area contributed by atoms with Crippen LogP contribution in [-0.4, -0.2) is 40.1 Å². The van der Waals surface area contributed by atoms with Crippen molar-refractivity contribution in [2.45, 2.75) is 32.4 Å². The molecule has 9 heteroatoms. The van der Waals surface area contributed by atoms with Crippen molar-refractivity contribution in [3.05, 3.63) is 41.3 Å². The van der Waals surface area contributed by atoms with E-state index in [4.69, 9.17) is 16.6 Å². The molecular weight excluding hydrogens is 411 g/mol. The number of hydrogen-bond acceptors (Lipinski definition) is 7. The second kappa shape index (κ2) is 8.61. The summed E-state index contributed by atoms with van der Waals surface area (Å²) in [4.78, 5) is 14.7. The molecule has 152 valence electrons. The zero-order chi connectivity index (χ0) is 20.4. The zero-order valence-corrected chi connectivity index (χ0v) is 17.7. The molecule has 1 saturated heterocycles. The van der Waals surface area contributed by atoms with Gasteiger partial charge in [-0.3, -0.25) is 0 Å². The third kappa shape index (κ3) is 4.83. The number of benzene rings is 1. The molecular formula is C20H22ClFN6S. The lowest BCUT2D eigenvalue weighted by atomic mass is 10.1. The van der Waals surface area contributed by atoms with Gasteiger partial charge in [0.25, 0.3) is 0 Å². The van der Waals surface area contributed by atoms with Gasteiger partial charge in [-0.1, -0.05) is 22.9 Å². The highest BCUT2D eigenvalue weighted by molar-refractivity contribution is 7.18. The van der Waals surface area contributed by atoms with Crippen molar-refractivity contribution in [2.24, 2.45) is 0 Å². The second-order valence-electron chi connectivity index (χ2n) is 7.25. The fourth-order valence-corrected chi connectivity index (χ4v) is 4.33. The van der Waals surface area contributed by atoms with Gasteiger partial charge in [0, 0.05) is 30.4 Å². The molecule has 29 heavy (non-hydrogen) atoms. The highest BCUT2D eigenvalue weighted by atomic mass is 35.5. The van der Waals surface area contributed by atoms with Gasteiger partial charge in [0.1, 0.15) is 5.82 Å². The van der Waals surface area contributed by atoms with Crippen LogP contribution in [0.2, 0.25) is 5.02 Å². The fraction of sp³-hybridized carbons (Fsp3) is 0.350. The summed E-state index contributed by atoms with van der Waals surface area (Å²) in [6.07, 6.45) is 2.80. The number of halogens is 2. The van der Waals surface area contributed by atoms with Crippen LogP contribution in [0.25, 0.3) is 21.8 Å². The van der Waals surface area contributed by atoms with Crippen LogP contribution < -0.4 is 16.0 Å². The summed E-state index contributed by atoms with van der Waals surface area (Å²) >= 11 is 7.83. The van der Waals surface area contributed by atoms with Gasteiger partial charge in [-0.2, -0.15) is 0 Å². The van der Waals surface area contributed by atoms with E-state index in [1.165, 1.54) is 23.5 Å². The molecule has 1 aliphatic rings. The summed E-state index contributed by atoms with van der Waals surface area (Å²) in [7, 11) is 0. The molecule has 1 aromatic carbocycles. The highest BCUT2D eigenvalue weighted by Gasteiger charge is 2.18. The van der Waals surface area contributed by atoms with Crippen molar-refractivity contribution >= 4 is 34.0 Å². The molecule has 3 heterocycles. The molecule has 1 unspecified atom stereocenters. The van der Waals surface area contributed by atoms with E-state index in [1.54, 1.807) is 12.3 Å². The van der Waals surface area contributed by atoms with Gasteiger partial charge in [-0.05, 0) is 51.1 Å². The predicted octanol–water partition coefficient (Wildman–Crippen LogP) is 4.65. The standard InChI is InChI=1S/C20H22ClFN6S/c1-11(2)25-20-24-10-18(29-20)17-8-16(14-4-3-12(22)7-15(14)21)27-19(28-17)26-13-5-6-23-9-13/h3-4,7-8,10-11,13,23H,5-6,9H2,1-2H3,(H,24,25)(H,26,27,28). The van der Waals surface area contributed by atoms with Gasteiger partial charge >= 0.3 is 0 Å². The number of anilines is 2. The van der Waals surface area contributed by atoms with Crippen LogP contribution in [0.5, 0.6) is 0 Å². The molecule has 0 bridgehead atoms. The minimum atomic E-state index is -0.379. The molecule has 0 spiro atoms. The number of nitrogens with zero attached hydrogens (tertiary/aromatic N) is 3. The first-order valence-corrected chi connectivity index (χ1v) is 10.7. The Morgan fingerprint density at radius 1 is 1.24 bits per heavy atom. The van der Waals surface area contributed by atoms with E-state index in [0.29, 0.717) is 28.3 Å². The van der Waals surface area contributed by atoms with Gasteiger partial charge in [0.15, 0.2) is 5.13 Å². The van der Waals surface area contributed by atoms with Crippen LogP contribution in [0.1, 0.15) is 20.3 Å². The maximum Gasteiger partial charge on any atom is 0.224 e. The largest absolute Gasteiger partial charge is 0.359 e. The van der Waals surface area contributed by atoms with Gasteiger partial charge < -0.3 is 16.0 Å². The van der Waals surface area contributed by atoms with Crippen LogP contribution in [0.4, 0.5) is 15.5 Å². The summed E-state index contributed by atoms with van der Waals surface area (Å²) in [5.41, 5.74) is 2.05. The predicted molar refractivity (Wildman–Crippen MR) is 117 cm³/mol. The first-order valence-electron chi connectivity index (χ1n) is 9.52. The lowest BCUT2D eigenvalue weighted by molar-refractivity contribution is 0.628. The Morgan fingerprint density at radius 2 is 2.07 bits per heavy atom. The average molecular weight is 433 g/mol. The van der Waals surface area contributed by atoms with Crippen LogP contribution in [-0.2, 0) is 0 Å². The maximum atomic E-state index is 13.5. The molecule has 3 N–H and O–H groups in total. The van der Waals surface area contributed by atoms with E-state index >= 15 is 0 Å². The number of nitrogens with one attached hydrogen (secondary N) is 3. The average Bonchev–Trinajstić information content (AvgIpc) is 3.33. The summed E-state index contributed by atoms with van der Waals surface area (Å²) in [5.74, 6) is 0.147. The van der Waals surface area contributed by atoms with Crippen molar-refractivity contribution in [1.82, 2.24) is 20.3 Å². The molecule has 2 aromatic heterocycles. The van der Waals surface area contributed by atoms with Crippen molar-refractivity contribution in [1.29, 1.82) is 0 Å². The van der Waals surface area contributed by atoms with Crippen molar-refractivity contribution in [3.8, 4) is 21.8 Å². The molecule has 0 saturated carbocycles. The van der Waals surface area contributed by atoms with Crippen molar-refractivity contribution < 1.29 is 4.39 Å². The monoisotopic (exact) mass is 432 g/mol. The summed E-state index contributed by atoms with van der Waals surface area (Å²) in [6, 6.07) is 6.74. The van der Waals surface area contributed by atoms with Crippen LogP contribution in [0.15, 0.2) is 30.5 Å². The van der Waals surface area contributed by atoms with Crippen LogP contribution >= 0.6 is 22.9 Å². The first-order chi connectivity index (χ1) is 14.0. The van der Waals surface area contributed by atoms with Gasteiger partial charge in [-0.15, -0.1) is 0 Å². The summed E-state index contributed by atoms with van der Waals surface area (Å²) in [5, 5.41) is 11.2. The Bertz CT molecular complexity index is 1000. The molecule has 6 nitrogen and oxygen atoms in total.